The number of fused-ring (bicyclic) bond motifs is 2. The summed E-state index contributed by atoms with van der Waals surface area (Å²) >= 11 is 0. The molecule has 0 unspecified atom stereocenters. The van der Waals surface area contributed by atoms with Crippen molar-refractivity contribution in [2.24, 2.45) is 22.4 Å². The van der Waals surface area contributed by atoms with E-state index in [4.69, 9.17) is 0 Å². The van der Waals surface area contributed by atoms with Crippen molar-refractivity contribution >= 4 is 15.7 Å². The molecule has 3 aliphatic carbocycles. The van der Waals surface area contributed by atoms with E-state index in [1.54, 1.807) is 24.3 Å². The summed E-state index contributed by atoms with van der Waals surface area (Å²) in [5, 5.41) is 4.25. The molecule has 0 saturated heterocycles. The maximum absolute atomic E-state index is 12.2. The first kappa shape index (κ1) is 14.6. The number of benzene rings is 1. The summed E-state index contributed by atoms with van der Waals surface area (Å²) in [6, 6.07) is 6.81. The van der Waals surface area contributed by atoms with Crippen molar-refractivity contribution in [2.45, 2.75) is 44.9 Å². The topological polar surface area (TPSA) is 58.5 Å². The summed E-state index contributed by atoms with van der Waals surface area (Å²) in [5.41, 5.74) is 2.32. The second-order valence-corrected chi connectivity index (χ2v) is 8.52. The predicted molar refractivity (Wildman–Crippen MR) is 83.5 cm³/mol. The van der Waals surface area contributed by atoms with E-state index in [1.165, 1.54) is 0 Å². The summed E-state index contributed by atoms with van der Waals surface area (Å²) < 4.78 is 24.5. The molecule has 2 atom stereocenters. The molecular weight excluding hydrogens is 284 g/mol. The Morgan fingerprint density at radius 3 is 2.48 bits per heavy atom. The molecule has 5 heteroatoms. The lowest BCUT2D eigenvalue weighted by Gasteiger charge is -2.56. The van der Waals surface area contributed by atoms with Gasteiger partial charge >= 0.3 is 0 Å². The minimum atomic E-state index is -3.56. The number of nitrogens with one attached hydrogen (secondary N) is 1. The monoisotopic (exact) mass is 306 g/mol. The van der Waals surface area contributed by atoms with Gasteiger partial charge < -0.3 is 0 Å². The first-order valence-corrected chi connectivity index (χ1v) is 8.94. The summed E-state index contributed by atoms with van der Waals surface area (Å²) in [5.74, 6) is 1.20. The van der Waals surface area contributed by atoms with E-state index in [-0.39, 0.29) is 10.3 Å². The van der Waals surface area contributed by atoms with Gasteiger partial charge in [-0.05, 0) is 49.7 Å². The SMILES string of the molecule is Cc1ccc(S(=O)(=O)N/N=C2/CC[C@@H]3C[C@@H]2C3(C)C)cc1. The first-order valence-electron chi connectivity index (χ1n) is 7.45. The standard InChI is InChI=1S/C16H22N2O2S/c1-11-4-7-13(8-5-11)21(19,20)18-17-15-9-6-12-10-14(15)16(12,2)3/h4-5,7-8,12,14,18H,6,9-10H2,1-3H3/b17-15-/t12-,14+/m1/s1. The Morgan fingerprint density at radius 2 is 1.90 bits per heavy atom. The molecule has 1 aromatic carbocycles. The quantitative estimate of drug-likeness (QED) is 0.872. The lowest BCUT2D eigenvalue weighted by molar-refractivity contribution is 0.00121. The van der Waals surface area contributed by atoms with E-state index in [0.29, 0.717) is 5.92 Å². The second-order valence-electron chi connectivity index (χ2n) is 6.86. The van der Waals surface area contributed by atoms with Crippen molar-refractivity contribution in [3.63, 3.8) is 0 Å². The third-order valence-corrected chi connectivity index (χ3v) is 6.49. The van der Waals surface area contributed by atoms with Gasteiger partial charge in [-0.3, -0.25) is 0 Å². The van der Waals surface area contributed by atoms with Crippen LogP contribution in [0.2, 0.25) is 0 Å². The second kappa shape index (κ2) is 4.83. The van der Waals surface area contributed by atoms with Gasteiger partial charge in [-0.1, -0.05) is 31.5 Å². The van der Waals surface area contributed by atoms with Crippen molar-refractivity contribution in [3.05, 3.63) is 29.8 Å². The highest BCUT2D eigenvalue weighted by Crippen LogP contribution is 2.57. The molecule has 2 bridgehead atoms. The zero-order valence-corrected chi connectivity index (χ0v) is 13.6. The average molecular weight is 306 g/mol. The number of hydrazone groups is 1. The van der Waals surface area contributed by atoms with Gasteiger partial charge in [-0.25, -0.2) is 4.83 Å². The maximum Gasteiger partial charge on any atom is 0.276 e. The van der Waals surface area contributed by atoms with Crippen LogP contribution >= 0.6 is 0 Å². The number of aryl methyl sites for hydroxylation is 1. The maximum atomic E-state index is 12.2. The molecule has 1 aromatic rings. The summed E-state index contributed by atoms with van der Waals surface area (Å²) in [4.78, 5) is 2.68. The Kier molecular flexibility index (Phi) is 3.35. The van der Waals surface area contributed by atoms with Crippen molar-refractivity contribution in [3.8, 4) is 0 Å². The Hall–Kier alpha value is -1.36. The molecule has 3 aliphatic rings. The van der Waals surface area contributed by atoms with Gasteiger partial charge in [0.25, 0.3) is 10.0 Å². The normalized spacial score (nSPS) is 29.0. The third kappa shape index (κ3) is 2.48. The zero-order valence-electron chi connectivity index (χ0n) is 12.8. The molecule has 0 radical (unpaired) electrons. The summed E-state index contributed by atoms with van der Waals surface area (Å²) in [6.45, 7) is 6.45. The Bertz CT molecular complexity index is 673. The van der Waals surface area contributed by atoms with E-state index in [2.05, 4.69) is 23.8 Å². The Morgan fingerprint density at radius 1 is 1.24 bits per heavy atom. The molecule has 4 rings (SSSR count). The molecule has 3 fully saturated rings. The minimum Gasteiger partial charge on any atom is -0.200 e. The van der Waals surface area contributed by atoms with Crippen LogP contribution < -0.4 is 4.83 Å². The minimum absolute atomic E-state index is 0.263. The van der Waals surface area contributed by atoms with Gasteiger partial charge in [0.15, 0.2) is 0 Å². The number of rotatable bonds is 3. The average Bonchev–Trinajstić information content (AvgIpc) is 2.45. The molecule has 0 amide bonds. The van der Waals surface area contributed by atoms with Crippen LogP contribution in [-0.2, 0) is 10.0 Å². The number of sulfonamides is 1. The van der Waals surface area contributed by atoms with E-state index in [9.17, 15) is 8.42 Å². The number of hydrogen-bond acceptors (Lipinski definition) is 3. The van der Waals surface area contributed by atoms with E-state index < -0.39 is 10.0 Å². The predicted octanol–water partition coefficient (Wildman–Crippen LogP) is 3.09. The largest absolute Gasteiger partial charge is 0.276 e. The van der Waals surface area contributed by atoms with Crippen LogP contribution in [0.5, 0.6) is 0 Å². The number of nitrogens with zero attached hydrogens (tertiary/aromatic N) is 1. The van der Waals surface area contributed by atoms with Crippen LogP contribution in [0.1, 0.15) is 38.7 Å². The fourth-order valence-corrected chi connectivity index (χ4v) is 4.43. The van der Waals surface area contributed by atoms with Crippen molar-refractivity contribution < 1.29 is 8.42 Å². The van der Waals surface area contributed by atoms with E-state index in [1.807, 2.05) is 6.92 Å². The van der Waals surface area contributed by atoms with Crippen LogP contribution in [-0.4, -0.2) is 14.1 Å². The highest BCUT2D eigenvalue weighted by molar-refractivity contribution is 7.89. The molecule has 0 aliphatic heterocycles. The van der Waals surface area contributed by atoms with Gasteiger partial charge in [0.2, 0.25) is 0 Å². The molecule has 0 spiro atoms. The Balaban J connectivity index is 1.77. The van der Waals surface area contributed by atoms with Crippen LogP contribution in [0.15, 0.2) is 34.3 Å². The van der Waals surface area contributed by atoms with Crippen molar-refractivity contribution in [1.29, 1.82) is 0 Å². The molecule has 0 heterocycles. The Labute approximate surface area is 126 Å². The van der Waals surface area contributed by atoms with Gasteiger partial charge in [-0.2, -0.15) is 13.5 Å². The molecule has 21 heavy (non-hydrogen) atoms. The van der Waals surface area contributed by atoms with Crippen LogP contribution in [0.3, 0.4) is 0 Å². The molecule has 0 aromatic heterocycles. The third-order valence-electron chi connectivity index (χ3n) is 5.26. The molecule has 3 saturated carbocycles. The van der Waals surface area contributed by atoms with Gasteiger partial charge in [0, 0.05) is 11.6 Å². The fraction of sp³-hybridized carbons (Fsp3) is 0.562. The smallest absolute Gasteiger partial charge is 0.200 e. The van der Waals surface area contributed by atoms with E-state index in [0.717, 1.165) is 36.5 Å². The highest BCUT2D eigenvalue weighted by Gasteiger charge is 2.53. The van der Waals surface area contributed by atoms with Gasteiger partial charge in [-0.15, -0.1) is 0 Å². The van der Waals surface area contributed by atoms with Gasteiger partial charge in [0.1, 0.15) is 0 Å². The fourth-order valence-electron chi connectivity index (χ4n) is 3.59. The van der Waals surface area contributed by atoms with Crippen LogP contribution in [0.4, 0.5) is 0 Å². The molecule has 4 nitrogen and oxygen atoms in total. The first-order chi connectivity index (χ1) is 9.80. The zero-order chi connectivity index (χ0) is 15.3. The molecular formula is C16H22N2O2S. The van der Waals surface area contributed by atoms with Crippen LogP contribution in [0.25, 0.3) is 0 Å². The van der Waals surface area contributed by atoms with Crippen molar-refractivity contribution in [2.75, 3.05) is 0 Å². The number of hydrogen-bond donors (Lipinski definition) is 1. The highest BCUT2D eigenvalue weighted by atomic mass is 32.2. The van der Waals surface area contributed by atoms with Crippen LogP contribution in [0, 0.1) is 24.2 Å². The molecule has 114 valence electrons. The lowest BCUT2D eigenvalue weighted by Crippen LogP contribution is -2.53. The van der Waals surface area contributed by atoms with E-state index >= 15 is 0 Å². The summed E-state index contributed by atoms with van der Waals surface area (Å²) in [7, 11) is -3.56. The van der Waals surface area contributed by atoms with Crippen molar-refractivity contribution in [1.82, 2.24) is 4.83 Å². The van der Waals surface area contributed by atoms with Gasteiger partial charge in [0.05, 0.1) is 4.90 Å². The lowest BCUT2D eigenvalue weighted by atomic mass is 9.48. The summed E-state index contributed by atoms with van der Waals surface area (Å²) in [6.07, 6.45) is 3.18. The molecule has 1 N–H and O–H groups in total.